The maximum atomic E-state index is 12.2. The van der Waals surface area contributed by atoms with Gasteiger partial charge >= 0.3 is 0 Å². The minimum absolute atomic E-state index is 0.0391. The highest BCUT2D eigenvalue weighted by Gasteiger charge is 2.17. The third-order valence-electron chi connectivity index (χ3n) is 6.21. The first-order valence-electron chi connectivity index (χ1n) is 12.2. The topological polar surface area (TPSA) is 133 Å². The molecule has 10 nitrogen and oxygen atoms in total. The molecule has 0 fully saturated rings. The van der Waals surface area contributed by atoms with E-state index in [1.807, 2.05) is 50.5 Å². The summed E-state index contributed by atoms with van der Waals surface area (Å²) in [6.07, 6.45) is 6.82. The molecule has 0 bridgehead atoms. The molecular formula is C28H24N8O2S. The smallest absolute Gasteiger partial charge is 0.238 e. The van der Waals surface area contributed by atoms with Gasteiger partial charge in [-0.3, -0.25) is 29.6 Å². The summed E-state index contributed by atoms with van der Waals surface area (Å²) in [5.74, 6) is -0.0792. The van der Waals surface area contributed by atoms with E-state index in [0.29, 0.717) is 16.3 Å². The molecule has 0 unspecified atom stereocenters. The zero-order valence-electron chi connectivity index (χ0n) is 21.4. The van der Waals surface area contributed by atoms with Gasteiger partial charge in [-0.15, -0.1) is 11.3 Å². The fourth-order valence-corrected chi connectivity index (χ4v) is 5.36. The van der Waals surface area contributed by atoms with E-state index in [4.69, 9.17) is 0 Å². The van der Waals surface area contributed by atoms with Crippen molar-refractivity contribution in [3.8, 4) is 33.2 Å². The van der Waals surface area contributed by atoms with Gasteiger partial charge in [0.05, 0.1) is 57.0 Å². The monoisotopic (exact) mass is 536 g/mol. The summed E-state index contributed by atoms with van der Waals surface area (Å²) in [6.45, 7) is 1.84. The molecule has 0 aliphatic rings. The number of likely N-dealkylation sites (N-methyl/N-ethyl adjacent to an activating group) is 1. The van der Waals surface area contributed by atoms with Crippen LogP contribution in [0.4, 0.5) is 5.69 Å². The molecule has 6 aromatic heterocycles. The molecule has 194 valence electrons. The lowest BCUT2D eigenvalue weighted by Crippen LogP contribution is -2.27. The van der Waals surface area contributed by atoms with Gasteiger partial charge in [-0.25, -0.2) is 0 Å². The van der Waals surface area contributed by atoms with Crippen LogP contribution in [0.15, 0.2) is 61.2 Å². The minimum Gasteiger partial charge on any atom is -0.353 e. The number of pyridine rings is 3. The van der Waals surface area contributed by atoms with E-state index in [1.54, 1.807) is 36.6 Å². The molecule has 6 rings (SSSR count). The molecule has 39 heavy (non-hydrogen) atoms. The van der Waals surface area contributed by atoms with Gasteiger partial charge in [-0.1, -0.05) is 0 Å². The van der Waals surface area contributed by atoms with Gasteiger partial charge in [-0.05, 0) is 57.4 Å². The SMILES string of the molecule is CC(=O)c1ccc(-c2nccc3[nH]c(-c4n[nH]c5cnc(-c6cncc(NC(=O)CN(C)C)c6)cc45)cc23)s1. The molecule has 6 heterocycles. The van der Waals surface area contributed by atoms with Crippen LogP contribution in [-0.4, -0.2) is 67.4 Å². The molecule has 1 amide bonds. The number of nitrogens with zero attached hydrogens (tertiary/aromatic N) is 5. The Labute approximate surface area is 227 Å². The molecular weight excluding hydrogens is 512 g/mol. The Morgan fingerprint density at radius 1 is 0.974 bits per heavy atom. The predicted octanol–water partition coefficient (Wildman–Crippen LogP) is 4.99. The number of carbonyl (C=O) groups is 2. The Morgan fingerprint density at radius 2 is 1.82 bits per heavy atom. The highest BCUT2D eigenvalue weighted by atomic mass is 32.1. The summed E-state index contributed by atoms with van der Waals surface area (Å²) in [7, 11) is 3.68. The van der Waals surface area contributed by atoms with Crippen LogP contribution in [-0.2, 0) is 4.79 Å². The first-order chi connectivity index (χ1) is 18.9. The van der Waals surface area contributed by atoms with Crippen LogP contribution in [0, 0.1) is 0 Å². The lowest BCUT2D eigenvalue weighted by molar-refractivity contribution is -0.116. The largest absolute Gasteiger partial charge is 0.353 e. The first kappa shape index (κ1) is 24.6. The van der Waals surface area contributed by atoms with Gasteiger partial charge in [-0.2, -0.15) is 5.10 Å². The van der Waals surface area contributed by atoms with Gasteiger partial charge in [0, 0.05) is 34.2 Å². The van der Waals surface area contributed by atoms with Crippen molar-refractivity contribution in [3.63, 3.8) is 0 Å². The van der Waals surface area contributed by atoms with Gasteiger partial charge in [0.25, 0.3) is 0 Å². The van der Waals surface area contributed by atoms with Crippen LogP contribution in [0.1, 0.15) is 16.6 Å². The molecule has 0 aliphatic heterocycles. The third-order valence-corrected chi connectivity index (χ3v) is 7.41. The summed E-state index contributed by atoms with van der Waals surface area (Å²) in [5.41, 5.74) is 6.18. The fourth-order valence-electron chi connectivity index (χ4n) is 4.45. The summed E-state index contributed by atoms with van der Waals surface area (Å²) in [6, 6.07) is 11.5. The lowest BCUT2D eigenvalue weighted by atomic mass is 10.1. The number of aromatic amines is 2. The third kappa shape index (κ3) is 4.80. The number of ketones is 1. The average molecular weight is 537 g/mol. The van der Waals surface area contributed by atoms with E-state index in [-0.39, 0.29) is 18.2 Å². The Kier molecular flexibility index (Phi) is 6.21. The number of hydrogen-bond acceptors (Lipinski definition) is 8. The zero-order chi connectivity index (χ0) is 27.1. The van der Waals surface area contributed by atoms with Crippen molar-refractivity contribution in [1.82, 2.24) is 35.0 Å². The molecule has 0 aromatic carbocycles. The second-order valence-corrected chi connectivity index (χ2v) is 10.5. The van der Waals surface area contributed by atoms with Crippen molar-refractivity contribution in [1.29, 1.82) is 0 Å². The molecule has 0 saturated heterocycles. The van der Waals surface area contributed by atoms with Crippen LogP contribution in [0.2, 0.25) is 0 Å². The van der Waals surface area contributed by atoms with E-state index in [2.05, 4.69) is 35.5 Å². The minimum atomic E-state index is -0.118. The fraction of sp³-hybridized carbons (Fsp3) is 0.143. The quantitative estimate of drug-likeness (QED) is 0.245. The molecule has 0 atom stereocenters. The number of H-pyrrole nitrogens is 2. The van der Waals surface area contributed by atoms with Gasteiger partial charge in [0.2, 0.25) is 5.91 Å². The summed E-state index contributed by atoms with van der Waals surface area (Å²) < 4.78 is 0. The number of aromatic nitrogens is 6. The van der Waals surface area contributed by atoms with Crippen molar-refractivity contribution in [2.75, 3.05) is 26.0 Å². The maximum absolute atomic E-state index is 12.2. The zero-order valence-corrected chi connectivity index (χ0v) is 22.3. The van der Waals surface area contributed by atoms with Crippen LogP contribution < -0.4 is 5.32 Å². The maximum Gasteiger partial charge on any atom is 0.238 e. The molecule has 0 saturated carbocycles. The highest BCUT2D eigenvalue weighted by molar-refractivity contribution is 7.17. The van der Waals surface area contributed by atoms with Crippen molar-refractivity contribution >= 4 is 50.5 Å². The second-order valence-electron chi connectivity index (χ2n) is 9.46. The molecule has 0 spiro atoms. The Balaban J connectivity index is 1.37. The van der Waals surface area contributed by atoms with Crippen LogP contribution in [0.3, 0.4) is 0 Å². The number of nitrogens with one attached hydrogen (secondary N) is 3. The molecule has 3 N–H and O–H groups in total. The molecule has 0 aliphatic carbocycles. The van der Waals surface area contributed by atoms with Crippen LogP contribution in [0.25, 0.3) is 55.0 Å². The van der Waals surface area contributed by atoms with E-state index in [9.17, 15) is 9.59 Å². The summed E-state index contributed by atoms with van der Waals surface area (Å²) in [4.78, 5) is 44.4. The molecule has 6 aromatic rings. The standard InChI is InChI=1S/C28H24N8O2S/c1-15(37)24-4-5-25(39-24)28-18-10-22(33-20(18)6-7-30-28)27-19-9-21(31-13-23(19)34-35-27)16-8-17(12-29-11-16)32-26(38)14-36(2)3/h4-13,33H,14H2,1-3H3,(H,32,38)(H,34,35). The highest BCUT2D eigenvalue weighted by Crippen LogP contribution is 2.36. The van der Waals surface area contributed by atoms with E-state index in [1.165, 1.54) is 11.3 Å². The van der Waals surface area contributed by atoms with Crippen molar-refractivity contribution in [2.24, 2.45) is 0 Å². The lowest BCUT2D eigenvalue weighted by Gasteiger charge is -2.10. The average Bonchev–Trinajstić information content (AvgIpc) is 3.65. The van der Waals surface area contributed by atoms with Crippen molar-refractivity contribution < 1.29 is 9.59 Å². The van der Waals surface area contributed by atoms with Gasteiger partial charge < -0.3 is 15.2 Å². The summed E-state index contributed by atoms with van der Waals surface area (Å²) in [5, 5.41) is 12.3. The van der Waals surface area contributed by atoms with Crippen molar-refractivity contribution in [3.05, 3.63) is 66.1 Å². The summed E-state index contributed by atoms with van der Waals surface area (Å²) >= 11 is 1.43. The number of Topliss-reactive ketones (excluding diaryl/α,β-unsaturated/α-hetero) is 1. The normalized spacial score (nSPS) is 11.5. The van der Waals surface area contributed by atoms with Gasteiger partial charge in [0.15, 0.2) is 5.78 Å². The number of carbonyl (C=O) groups excluding carboxylic acids is 2. The van der Waals surface area contributed by atoms with Crippen LogP contribution >= 0.6 is 11.3 Å². The number of hydrogen-bond donors (Lipinski definition) is 3. The number of fused-ring (bicyclic) bond motifs is 2. The van der Waals surface area contributed by atoms with E-state index >= 15 is 0 Å². The molecule has 0 radical (unpaired) electrons. The second kappa shape index (κ2) is 9.86. The first-order valence-corrected chi connectivity index (χ1v) is 13.0. The number of rotatable bonds is 7. The van der Waals surface area contributed by atoms with E-state index in [0.717, 1.165) is 49.3 Å². The Bertz CT molecular complexity index is 1870. The number of thiophene rings is 1. The van der Waals surface area contributed by atoms with Gasteiger partial charge in [0.1, 0.15) is 5.69 Å². The van der Waals surface area contributed by atoms with Crippen molar-refractivity contribution in [2.45, 2.75) is 6.92 Å². The Hall–Kier alpha value is -4.74. The predicted molar refractivity (Wildman–Crippen MR) is 153 cm³/mol. The molecule has 11 heteroatoms. The van der Waals surface area contributed by atoms with E-state index < -0.39 is 0 Å². The van der Waals surface area contributed by atoms with Crippen LogP contribution in [0.5, 0.6) is 0 Å². The number of amides is 1. The number of anilines is 1. The Morgan fingerprint density at radius 3 is 2.62 bits per heavy atom.